The van der Waals surface area contributed by atoms with Crippen LogP contribution in [-0.4, -0.2) is 13.1 Å². The molecule has 0 aromatic heterocycles. The Bertz CT molecular complexity index is 662. The minimum Gasteiger partial charge on any atom is -0.465 e. The number of carbonyl (C=O) groups is 1. The zero-order chi connectivity index (χ0) is 14.7. The molecule has 6 heteroatoms. The van der Waals surface area contributed by atoms with E-state index in [1.54, 1.807) is 30.3 Å². The van der Waals surface area contributed by atoms with E-state index in [2.05, 4.69) is 26.0 Å². The first kappa shape index (κ1) is 14.3. The summed E-state index contributed by atoms with van der Waals surface area (Å²) in [6, 6.07) is 9.45. The van der Waals surface area contributed by atoms with Crippen molar-refractivity contribution < 1.29 is 13.9 Å². The molecular formula is C14H12BrFN2O2. The second-order valence-corrected chi connectivity index (χ2v) is 4.92. The van der Waals surface area contributed by atoms with Crippen LogP contribution in [0.15, 0.2) is 40.9 Å². The van der Waals surface area contributed by atoms with Crippen molar-refractivity contribution in [3.05, 3.63) is 52.3 Å². The van der Waals surface area contributed by atoms with Crippen molar-refractivity contribution >= 4 is 39.0 Å². The molecule has 0 aliphatic heterocycles. The minimum atomic E-state index is -0.539. The van der Waals surface area contributed by atoms with Crippen molar-refractivity contribution in [2.75, 3.05) is 18.2 Å². The van der Waals surface area contributed by atoms with Gasteiger partial charge in [0.25, 0.3) is 0 Å². The van der Waals surface area contributed by atoms with E-state index < -0.39 is 11.8 Å². The molecule has 0 spiro atoms. The van der Waals surface area contributed by atoms with Gasteiger partial charge >= 0.3 is 5.97 Å². The highest BCUT2D eigenvalue weighted by Crippen LogP contribution is 2.29. The van der Waals surface area contributed by atoms with Gasteiger partial charge in [-0.05, 0) is 30.3 Å². The lowest BCUT2D eigenvalue weighted by Gasteiger charge is -2.12. The van der Waals surface area contributed by atoms with E-state index in [0.29, 0.717) is 10.2 Å². The Morgan fingerprint density at radius 2 is 2.05 bits per heavy atom. The first-order valence-electron chi connectivity index (χ1n) is 5.72. The first-order valence-corrected chi connectivity index (χ1v) is 6.51. The lowest BCUT2D eigenvalue weighted by atomic mass is 10.1. The number of hydrogen-bond donors (Lipinski definition) is 2. The van der Waals surface area contributed by atoms with Crippen molar-refractivity contribution in [1.82, 2.24) is 0 Å². The summed E-state index contributed by atoms with van der Waals surface area (Å²) in [4.78, 5) is 11.5. The summed E-state index contributed by atoms with van der Waals surface area (Å²) in [7, 11) is 1.27. The Morgan fingerprint density at radius 3 is 2.70 bits per heavy atom. The summed E-state index contributed by atoms with van der Waals surface area (Å²) in [5.74, 6) is -0.968. The van der Waals surface area contributed by atoms with Gasteiger partial charge in [-0.25, -0.2) is 9.18 Å². The molecular weight excluding hydrogens is 327 g/mol. The number of ether oxygens (including phenoxy) is 1. The largest absolute Gasteiger partial charge is 0.465 e. The molecule has 4 nitrogen and oxygen atoms in total. The summed E-state index contributed by atoms with van der Waals surface area (Å²) in [6.45, 7) is 0. The summed E-state index contributed by atoms with van der Waals surface area (Å²) >= 11 is 3.18. The molecule has 0 saturated heterocycles. The van der Waals surface area contributed by atoms with Gasteiger partial charge in [-0.3, -0.25) is 0 Å². The van der Waals surface area contributed by atoms with E-state index in [-0.39, 0.29) is 16.9 Å². The zero-order valence-corrected chi connectivity index (χ0v) is 12.2. The van der Waals surface area contributed by atoms with Crippen LogP contribution in [0.4, 0.5) is 21.5 Å². The van der Waals surface area contributed by atoms with E-state index in [4.69, 9.17) is 5.73 Å². The van der Waals surface area contributed by atoms with Crippen LogP contribution >= 0.6 is 15.9 Å². The highest BCUT2D eigenvalue weighted by molar-refractivity contribution is 9.10. The second-order valence-electron chi connectivity index (χ2n) is 4.01. The molecule has 2 aromatic carbocycles. The fraction of sp³-hybridized carbons (Fsp3) is 0.0714. The Balaban J connectivity index is 2.37. The molecule has 0 bridgehead atoms. The average molecular weight is 339 g/mol. The van der Waals surface area contributed by atoms with E-state index in [9.17, 15) is 9.18 Å². The Morgan fingerprint density at radius 1 is 1.30 bits per heavy atom. The van der Waals surface area contributed by atoms with E-state index in [1.165, 1.54) is 13.2 Å². The fourth-order valence-corrected chi connectivity index (χ4v) is 2.03. The van der Waals surface area contributed by atoms with Crippen LogP contribution in [0.25, 0.3) is 0 Å². The van der Waals surface area contributed by atoms with Gasteiger partial charge in [-0.2, -0.15) is 0 Å². The van der Waals surface area contributed by atoms with Crippen LogP contribution in [0, 0.1) is 5.82 Å². The number of rotatable bonds is 3. The van der Waals surface area contributed by atoms with Gasteiger partial charge in [0.05, 0.1) is 29.7 Å². The SMILES string of the molecule is COC(=O)c1cccc(Nc2ccc(Br)cc2F)c1N. The van der Waals surface area contributed by atoms with E-state index in [0.717, 1.165) is 0 Å². The van der Waals surface area contributed by atoms with Gasteiger partial charge in [0, 0.05) is 4.47 Å². The maximum Gasteiger partial charge on any atom is 0.340 e. The summed E-state index contributed by atoms with van der Waals surface area (Å²) in [6.07, 6.45) is 0. The predicted molar refractivity (Wildman–Crippen MR) is 79.6 cm³/mol. The number of methoxy groups -OCH3 is 1. The number of nitrogens with two attached hydrogens (primary N) is 1. The predicted octanol–water partition coefficient (Wildman–Crippen LogP) is 3.70. The van der Waals surface area contributed by atoms with E-state index >= 15 is 0 Å². The highest BCUT2D eigenvalue weighted by Gasteiger charge is 2.13. The summed E-state index contributed by atoms with van der Waals surface area (Å²) < 4.78 is 19.0. The second kappa shape index (κ2) is 5.92. The van der Waals surface area contributed by atoms with Crippen molar-refractivity contribution in [1.29, 1.82) is 0 Å². The molecule has 0 aliphatic rings. The van der Waals surface area contributed by atoms with Crippen molar-refractivity contribution in [3.63, 3.8) is 0 Å². The molecule has 2 rings (SSSR count). The van der Waals surface area contributed by atoms with Gasteiger partial charge < -0.3 is 15.8 Å². The van der Waals surface area contributed by atoms with Gasteiger partial charge in [0.2, 0.25) is 0 Å². The number of para-hydroxylation sites is 1. The van der Waals surface area contributed by atoms with Crippen LogP contribution in [-0.2, 0) is 4.74 Å². The molecule has 0 aliphatic carbocycles. The first-order chi connectivity index (χ1) is 9.52. The molecule has 0 heterocycles. The number of carbonyl (C=O) groups excluding carboxylic acids is 1. The number of anilines is 3. The van der Waals surface area contributed by atoms with E-state index in [1.807, 2.05) is 0 Å². The monoisotopic (exact) mass is 338 g/mol. The lowest BCUT2D eigenvalue weighted by Crippen LogP contribution is -2.08. The molecule has 0 unspecified atom stereocenters. The quantitative estimate of drug-likeness (QED) is 0.661. The van der Waals surface area contributed by atoms with Gasteiger partial charge in [-0.15, -0.1) is 0 Å². The molecule has 0 amide bonds. The summed E-state index contributed by atoms with van der Waals surface area (Å²) in [5.41, 5.74) is 7.04. The number of nitrogen functional groups attached to an aromatic ring is 1. The minimum absolute atomic E-state index is 0.210. The molecule has 0 fully saturated rings. The number of nitrogens with one attached hydrogen (secondary N) is 1. The number of esters is 1. The Kier molecular flexibility index (Phi) is 4.24. The van der Waals surface area contributed by atoms with Crippen molar-refractivity contribution in [2.45, 2.75) is 0 Å². The van der Waals surface area contributed by atoms with Crippen molar-refractivity contribution in [3.8, 4) is 0 Å². The maximum atomic E-state index is 13.8. The normalized spacial score (nSPS) is 10.2. The number of halogens is 2. The van der Waals surface area contributed by atoms with Crippen LogP contribution in [0.5, 0.6) is 0 Å². The van der Waals surface area contributed by atoms with Crippen LogP contribution in [0.3, 0.4) is 0 Å². The Hall–Kier alpha value is -2.08. The molecule has 2 aromatic rings. The number of hydrogen-bond acceptors (Lipinski definition) is 4. The zero-order valence-electron chi connectivity index (χ0n) is 10.6. The smallest absolute Gasteiger partial charge is 0.340 e. The third-order valence-electron chi connectivity index (χ3n) is 2.71. The lowest BCUT2D eigenvalue weighted by molar-refractivity contribution is 0.0602. The maximum absolute atomic E-state index is 13.8. The molecule has 104 valence electrons. The van der Waals surface area contributed by atoms with Crippen LogP contribution in [0.1, 0.15) is 10.4 Å². The molecule has 0 atom stereocenters. The van der Waals surface area contributed by atoms with Gasteiger partial charge in [0.15, 0.2) is 0 Å². The Labute approximate surface area is 123 Å². The average Bonchev–Trinajstić information content (AvgIpc) is 2.43. The molecule has 20 heavy (non-hydrogen) atoms. The molecule has 3 N–H and O–H groups in total. The third kappa shape index (κ3) is 2.91. The summed E-state index contributed by atoms with van der Waals surface area (Å²) in [5, 5.41) is 2.86. The van der Waals surface area contributed by atoms with Crippen LogP contribution < -0.4 is 11.1 Å². The number of benzene rings is 2. The highest BCUT2D eigenvalue weighted by atomic mass is 79.9. The standard InChI is InChI=1S/C14H12BrFN2O2/c1-20-14(19)9-3-2-4-12(13(9)17)18-11-6-5-8(15)7-10(11)16/h2-7,18H,17H2,1H3. The van der Waals surface area contributed by atoms with Gasteiger partial charge in [0.1, 0.15) is 5.82 Å². The van der Waals surface area contributed by atoms with Crippen molar-refractivity contribution in [2.24, 2.45) is 0 Å². The molecule has 0 radical (unpaired) electrons. The topological polar surface area (TPSA) is 64.3 Å². The third-order valence-corrected chi connectivity index (χ3v) is 3.21. The molecule has 0 saturated carbocycles. The fourth-order valence-electron chi connectivity index (χ4n) is 1.70. The van der Waals surface area contributed by atoms with Gasteiger partial charge in [-0.1, -0.05) is 22.0 Å². The van der Waals surface area contributed by atoms with Crippen LogP contribution in [0.2, 0.25) is 0 Å².